The predicted molar refractivity (Wildman–Crippen MR) is 364 cm³/mol. The number of aromatic carboxylic acids is 1. The number of pyridine rings is 2. The van der Waals surface area contributed by atoms with Gasteiger partial charge in [0.1, 0.15) is 60.4 Å². The van der Waals surface area contributed by atoms with Crippen LogP contribution in [0.15, 0.2) is 157 Å². The summed E-state index contributed by atoms with van der Waals surface area (Å²) in [6.07, 6.45) is 12.2. The molecule has 101 heavy (non-hydrogen) atoms. The zero-order chi connectivity index (χ0) is 71.9. The molecule has 0 saturated carbocycles. The number of piperidine rings is 2. The lowest BCUT2D eigenvalue weighted by Gasteiger charge is -2.38. The molecule has 542 valence electrons. The van der Waals surface area contributed by atoms with E-state index in [0.717, 1.165) is 56.9 Å². The molecule has 2 amide bonds. The second-order valence-corrected chi connectivity index (χ2v) is 25.5. The van der Waals surface area contributed by atoms with E-state index in [9.17, 15) is 44.4 Å². The number of nitrogens with two attached hydrogens (primary N) is 1. The van der Waals surface area contributed by atoms with Crippen LogP contribution >= 0.6 is 17.0 Å². The summed E-state index contributed by atoms with van der Waals surface area (Å²) < 4.78 is 37.1. The summed E-state index contributed by atoms with van der Waals surface area (Å²) in [4.78, 5) is 79.1. The highest BCUT2D eigenvalue weighted by molar-refractivity contribution is 8.93. The monoisotopic (exact) mass is 1460 g/mol. The molecule has 4 bridgehead atoms. The Kier molecular flexibility index (Phi) is 27.1. The number of epoxide rings is 2. The Labute approximate surface area is 595 Å². The number of oxime groups is 1. The number of benzene rings is 4. The Morgan fingerprint density at radius 2 is 1.24 bits per heavy atom. The molecule has 6 aromatic rings. The molecule has 6 N–H and O–H groups in total. The van der Waals surface area contributed by atoms with Gasteiger partial charge in [-0.15, -0.1) is 27.1 Å². The van der Waals surface area contributed by atoms with Crippen LogP contribution in [0, 0.1) is 10.1 Å². The molecule has 2 unspecified atom stereocenters. The van der Waals surface area contributed by atoms with Gasteiger partial charge in [0.25, 0.3) is 18.5 Å². The number of ether oxygens (including phenoxy) is 6. The van der Waals surface area contributed by atoms with Gasteiger partial charge in [0.05, 0.1) is 38.0 Å². The van der Waals surface area contributed by atoms with Gasteiger partial charge >= 0.3 is 18.0 Å². The summed E-state index contributed by atoms with van der Waals surface area (Å²) in [6, 6.07) is 40.2. The third-order valence-corrected chi connectivity index (χ3v) is 19.4. The number of carbonyl (C=O) groups is 5. The number of aliphatic hydroxyl groups excluding tert-OH is 2. The van der Waals surface area contributed by atoms with E-state index in [-0.39, 0.29) is 65.3 Å². The molecule has 14 rings (SSSR count). The molecule has 7 fully saturated rings. The van der Waals surface area contributed by atoms with Gasteiger partial charge in [-0.25, -0.2) is 4.79 Å². The minimum absolute atomic E-state index is 0. The molecule has 7 saturated heterocycles. The van der Waals surface area contributed by atoms with Crippen LogP contribution in [0.4, 0.5) is 10.5 Å². The Balaban J connectivity index is 0.000000160. The highest BCUT2D eigenvalue weighted by Crippen LogP contribution is 2.52. The van der Waals surface area contributed by atoms with Crippen molar-refractivity contribution in [1.29, 1.82) is 0 Å². The van der Waals surface area contributed by atoms with Gasteiger partial charge in [-0.05, 0) is 74.1 Å². The van der Waals surface area contributed by atoms with Gasteiger partial charge in [-0.1, -0.05) is 103 Å². The van der Waals surface area contributed by atoms with Crippen LogP contribution in [-0.4, -0.2) is 200 Å². The first-order valence-electron chi connectivity index (χ1n) is 32.7. The number of para-hydroxylation sites is 1. The number of esters is 2. The minimum Gasteiger partial charge on any atom is -0.872 e. The van der Waals surface area contributed by atoms with Crippen molar-refractivity contribution < 1.29 is 97.1 Å². The van der Waals surface area contributed by atoms with E-state index >= 15 is 0 Å². The van der Waals surface area contributed by atoms with E-state index in [1.165, 1.54) is 41.7 Å². The van der Waals surface area contributed by atoms with E-state index in [2.05, 4.69) is 70.0 Å². The number of halogens is 1. The number of amides is 2. The number of anilines is 1. The van der Waals surface area contributed by atoms with Gasteiger partial charge in [-0.2, -0.15) is 9.13 Å². The second kappa shape index (κ2) is 35.4. The summed E-state index contributed by atoms with van der Waals surface area (Å²) in [5, 5.41) is 62.0. The molecule has 0 aliphatic carbocycles. The molecule has 8 aliphatic rings. The molecule has 4 aromatic carbocycles. The molecule has 2 aromatic heterocycles. The zero-order valence-electron chi connectivity index (χ0n) is 57.0. The number of nitrogens with one attached hydrogen (secondary N) is 1. The number of primary amides is 1. The average molecular weight is 1460 g/mol. The number of carboxylic acid groups (broad SMARTS) is 1. The lowest BCUT2D eigenvalue weighted by molar-refractivity contribution is -0.788. The third-order valence-electron chi connectivity index (χ3n) is 19.4. The number of rotatable bonds is 17. The van der Waals surface area contributed by atoms with Crippen LogP contribution in [0.25, 0.3) is 0 Å². The van der Waals surface area contributed by atoms with Crippen LogP contribution in [0.2, 0.25) is 0 Å². The number of hydrogen-bond donors (Lipinski definition) is 5. The number of aromatic nitrogens is 2. The van der Waals surface area contributed by atoms with E-state index in [1.807, 2.05) is 97.2 Å². The second-order valence-electron chi connectivity index (χ2n) is 25.5. The lowest BCUT2D eigenvalue weighted by Crippen LogP contribution is -2.48. The average Bonchev–Trinajstić information content (AvgIpc) is 1.58. The summed E-state index contributed by atoms with van der Waals surface area (Å²) in [6.45, 7) is 3.55. The first-order chi connectivity index (χ1) is 48.0. The fraction of sp³-hybridized carbons (Fsp3) is 0.437. The molecule has 10 heterocycles. The number of morpholine rings is 2. The van der Waals surface area contributed by atoms with Gasteiger partial charge in [0, 0.05) is 106 Å². The summed E-state index contributed by atoms with van der Waals surface area (Å²) in [5.74, 6) is -3.63. The van der Waals surface area contributed by atoms with Gasteiger partial charge in [-0.3, -0.25) is 33.8 Å². The largest absolute Gasteiger partial charge is 0.872 e. The van der Waals surface area contributed by atoms with Crippen molar-refractivity contribution in [3.05, 3.63) is 196 Å². The van der Waals surface area contributed by atoms with Crippen LogP contribution in [0.3, 0.4) is 0 Å². The molecule has 0 radical (unpaired) electrons. The number of fused-ring (bicyclic) bond motifs is 13. The van der Waals surface area contributed by atoms with Crippen molar-refractivity contribution in [2.45, 2.75) is 137 Å². The number of hydrogen-bond acceptors (Lipinski definition) is 24. The van der Waals surface area contributed by atoms with Crippen LogP contribution in [0.1, 0.15) is 94.0 Å². The van der Waals surface area contributed by atoms with E-state index in [4.69, 9.17) is 49.5 Å². The summed E-state index contributed by atoms with van der Waals surface area (Å²) in [5.41, 5.74) is 10.3. The Morgan fingerprint density at radius 3 is 1.68 bits per heavy atom. The van der Waals surface area contributed by atoms with Crippen LogP contribution in [0.5, 0.6) is 11.5 Å². The zero-order valence-corrected chi connectivity index (χ0v) is 58.7. The van der Waals surface area contributed by atoms with Crippen molar-refractivity contribution in [2.75, 3.05) is 67.0 Å². The van der Waals surface area contributed by atoms with Gasteiger partial charge in [0.15, 0.2) is 18.6 Å². The molecule has 14 atom stereocenters. The van der Waals surface area contributed by atoms with E-state index in [1.54, 1.807) is 46.8 Å². The number of carboxylic acids is 1. The Bertz CT molecular complexity index is 3680. The first-order valence-corrected chi connectivity index (χ1v) is 32.7. The maximum absolute atomic E-state index is 12.4. The predicted octanol–water partition coefficient (Wildman–Crippen LogP) is 2.94. The van der Waals surface area contributed by atoms with Crippen LogP contribution < -0.4 is 40.0 Å². The molecular formula is C71H87BrN10O19. The third kappa shape index (κ3) is 18.9. The summed E-state index contributed by atoms with van der Waals surface area (Å²) >= 11 is 0. The highest BCUT2D eigenvalue weighted by atomic mass is 79.9. The number of nitrogens with zero attached hydrogens (tertiary/aromatic N) is 8. The molecule has 29 nitrogen and oxygen atoms in total. The molecule has 0 spiro atoms. The normalized spacial score (nSPS) is 25.4. The molecule has 8 aliphatic heterocycles. The number of carbonyl (C=O) groups excluding carboxylic acids is 5. The van der Waals surface area contributed by atoms with Crippen molar-refractivity contribution in [2.24, 2.45) is 10.9 Å². The van der Waals surface area contributed by atoms with Gasteiger partial charge in [0.2, 0.25) is 11.6 Å². The maximum atomic E-state index is 12.4. The smallest absolute Gasteiger partial charge is 0.412 e. The fourth-order valence-corrected chi connectivity index (χ4v) is 14.2. The standard InChI is InChI=1S/2C17H21NO4.C15H21N3O2.C14H14N4O3.C7H6O3.CH3NO3.BrH/c2*1-18-13-7-11(8-14(18)16-15(13)22-16)21-17(20)12(9-19)10-5-3-2-4-6-10;1-15-7-8-17(3)13(15)18(4)12-6-5-10(9-11(12)15)20-14(19)16-2;15-14(19)12-4-7-17(8-5-12)10-21-11-18-6-2-1-3-13(18)9-16-20;8-6-4-2-1-3-5(6)7(9)10;1-5-2(3)4;/h2*2-6,11-16,19H,7-9H2,1H3;5-6,9,13H,7-8H2,1-4H3,(H,16,19);1-9H,10-11H2,(H-,15,19);1-4,8H,(H,9,10);1H3;1H/t2*11?,12-,13-,14+,15-,16+;13-,15+;;;;/m111..../s1. The van der Waals surface area contributed by atoms with Gasteiger partial charge < -0.3 is 74.9 Å². The van der Waals surface area contributed by atoms with Crippen molar-refractivity contribution in [3.8, 4) is 11.5 Å². The van der Waals surface area contributed by atoms with Crippen molar-refractivity contribution in [1.82, 2.24) is 20.0 Å². The highest BCUT2D eigenvalue weighted by Gasteiger charge is 2.64. The molecule has 30 heteroatoms. The quantitative estimate of drug-likeness (QED) is 0.0167. The Morgan fingerprint density at radius 1 is 0.743 bits per heavy atom. The van der Waals surface area contributed by atoms with Crippen LogP contribution in [-0.2, 0) is 57.0 Å². The number of likely N-dealkylation sites (tertiary alicyclic amines) is 1. The first kappa shape index (κ1) is 77.5. The van der Waals surface area contributed by atoms with Crippen molar-refractivity contribution >= 4 is 58.8 Å². The summed E-state index contributed by atoms with van der Waals surface area (Å²) in [7, 11) is 11.1. The van der Waals surface area contributed by atoms with Crippen molar-refractivity contribution in [3.63, 3.8) is 0 Å². The Hall–Kier alpha value is -9.24. The fourth-order valence-electron chi connectivity index (χ4n) is 14.2. The maximum Gasteiger partial charge on any atom is 0.412 e. The lowest BCUT2D eigenvalue weighted by atomic mass is 9.81. The SMILES string of the molecule is Br.CN1[C@@H]2CC(OC(=O)[C@H](CO)c3ccccc3)C[C@H]1[C@@H]1O[C@@H]12.CN1[C@@H]2CC(OC(=O)[C@H](CO)c3ccccc3)C[C@H]1[C@@H]1O[C@@H]12.CNC(=O)Oc1ccc2c(c1)[C@]1(C)CCN(C)[C@@H]1N2C.CO[N+](=O)[O-].NC(=O)c1cc[n+](COC[n+]2ccccc2/C=N\O)cc1.O=C([O-])c1ccccc1[O-]. The number of likely N-dealkylation sites (N-methyl/N-ethyl adjacent to an activating group) is 4. The van der Waals surface area contributed by atoms with E-state index in [0.29, 0.717) is 85.2 Å². The van der Waals surface area contributed by atoms with E-state index < -0.39 is 40.6 Å². The number of aliphatic hydroxyl groups is 2. The minimum atomic E-state index is -1.43. The molecular weight excluding hydrogens is 1380 g/mol. The topological polar surface area (TPSA) is 378 Å².